The van der Waals surface area contributed by atoms with Crippen LogP contribution in [0.4, 0.5) is 0 Å². The number of nitrogens with zero attached hydrogens (tertiary/aromatic N) is 1. The minimum Gasteiger partial charge on any atom is -0.481 e. The summed E-state index contributed by atoms with van der Waals surface area (Å²) < 4.78 is 5.00. The van der Waals surface area contributed by atoms with Crippen molar-refractivity contribution in [2.45, 2.75) is 31.6 Å². The third kappa shape index (κ3) is 1.88. The van der Waals surface area contributed by atoms with Crippen LogP contribution >= 0.6 is 0 Å². The van der Waals surface area contributed by atoms with Crippen molar-refractivity contribution in [3.63, 3.8) is 0 Å². The van der Waals surface area contributed by atoms with Gasteiger partial charge < -0.3 is 9.63 Å². The molecule has 0 aromatic carbocycles. The Labute approximate surface area is 75.5 Å². The summed E-state index contributed by atoms with van der Waals surface area (Å²) in [6.07, 6.45) is 4.66. The van der Waals surface area contributed by atoms with E-state index in [1.807, 2.05) is 0 Å². The maximum absolute atomic E-state index is 10.3. The van der Waals surface area contributed by atoms with Crippen LogP contribution in [0.2, 0.25) is 0 Å². The van der Waals surface area contributed by atoms with Crippen LogP contribution in [0.5, 0.6) is 0 Å². The quantitative estimate of drug-likeness (QED) is 0.765. The SMILES string of the molecule is O=C(O)CCc1oncc1C1CC1. The summed E-state index contributed by atoms with van der Waals surface area (Å²) >= 11 is 0. The lowest BCUT2D eigenvalue weighted by Crippen LogP contribution is -1.98. The summed E-state index contributed by atoms with van der Waals surface area (Å²) in [7, 11) is 0. The highest BCUT2D eigenvalue weighted by Gasteiger charge is 2.28. The predicted molar refractivity (Wildman–Crippen MR) is 44.4 cm³/mol. The lowest BCUT2D eigenvalue weighted by Gasteiger charge is -1.95. The smallest absolute Gasteiger partial charge is 0.303 e. The van der Waals surface area contributed by atoms with Crippen molar-refractivity contribution in [2.75, 3.05) is 0 Å². The first-order chi connectivity index (χ1) is 6.27. The van der Waals surface area contributed by atoms with Gasteiger partial charge in [-0.3, -0.25) is 4.79 Å². The fraction of sp³-hybridized carbons (Fsp3) is 0.556. The van der Waals surface area contributed by atoms with E-state index in [1.54, 1.807) is 6.20 Å². The van der Waals surface area contributed by atoms with Crippen LogP contribution in [0.15, 0.2) is 10.7 Å². The van der Waals surface area contributed by atoms with E-state index >= 15 is 0 Å². The first-order valence-electron chi connectivity index (χ1n) is 4.42. The number of hydrogen-bond acceptors (Lipinski definition) is 3. The van der Waals surface area contributed by atoms with Gasteiger partial charge in [0.15, 0.2) is 0 Å². The fourth-order valence-electron chi connectivity index (χ4n) is 1.41. The van der Waals surface area contributed by atoms with Gasteiger partial charge in [0.1, 0.15) is 5.76 Å². The monoisotopic (exact) mass is 181 g/mol. The maximum Gasteiger partial charge on any atom is 0.303 e. The first-order valence-corrected chi connectivity index (χ1v) is 4.42. The molecule has 0 radical (unpaired) electrons. The molecule has 1 fully saturated rings. The standard InChI is InChI=1S/C9H11NO3/c11-9(12)4-3-8-7(5-10-13-8)6-1-2-6/h5-6H,1-4H2,(H,11,12). The average Bonchev–Trinajstić information content (AvgIpc) is 2.82. The molecular weight excluding hydrogens is 170 g/mol. The van der Waals surface area contributed by atoms with Gasteiger partial charge >= 0.3 is 5.97 Å². The van der Waals surface area contributed by atoms with Gasteiger partial charge in [0.25, 0.3) is 0 Å². The van der Waals surface area contributed by atoms with Crippen LogP contribution in [-0.4, -0.2) is 16.2 Å². The van der Waals surface area contributed by atoms with Crippen molar-refractivity contribution in [3.05, 3.63) is 17.5 Å². The second-order valence-electron chi connectivity index (χ2n) is 3.37. The average molecular weight is 181 g/mol. The molecule has 1 N–H and O–H groups in total. The topological polar surface area (TPSA) is 63.3 Å². The van der Waals surface area contributed by atoms with Gasteiger partial charge in [-0.1, -0.05) is 5.16 Å². The third-order valence-electron chi connectivity index (χ3n) is 2.26. The van der Waals surface area contributed by atoms with Gasteiger partial charge in [0.2, 0.25) is 0 Å². The molecule has 13 heavy (non-hydrogen) atoms. The van der Waals surface area contributed by atoms with Gasteiger partial charge in [0.05, 0.1) is 12.6 Å². The van der Waals surface area contributed by atoms with E-state index in [-0.39, 0.29) is 6.42 Å². The third-order valence-corrected chi connectivity index (χ3v) is 2.26. The van der Waals surface area contributed by atoms with Crippen molar-refractivity contribution in [1.82, 2.24) is 5.16 Å². The molecule has 0 spiro atoms. The molecule has 4 heteroatoms. The number of hydrogen-bond donors (Lipinski definition) is 1. The number of aliphatic carboxylic acids is 1. The number of carboxylic acids is 1. The second kappa shape index (κ2) is 3.20. The Morgan fingerprint density at radius 2 is 2.46 bits per heavy atom. The minimum absolute atomic E-state index is 0.120. The van der Waals surface area contributed by atoms with Gasteiger partial charge in [-0.25, -0.2) is 0 Å². The normalized spacial score (nSPS) is 16.0. The molecule has 1 saturated carbocycles. The van der Waals surface area contributed by atoms with Crippen molar-refractivity contribution in [1.29, 1.82) is 0 Å². The molecular formula is C9H11NO3. The molecule has 1 heterocycles. The van der Waals surface area contributed by atoms with Crippen LogP contribution in [0.3, 0.4) is 0 Å². The molecule has 70 valence electrons. The maximum atomic E-state index is 10.3. The lowest BCUT2D eigenvalue weighted by molar-refractivity contribution is -0.137. The number of aryl methyl sites for hydroxylation is 1. The van der Waals surface area contributed by atoms with Gasteiger partial charge in [-0.2, -0.15) is 0 Å². The predicted octanol–water partition coefficient (Wildman–Crippen LogP) is 1.57. The van der Waals surface area contributed by atoms with E-state index in [0.29, 0.717) is 12.3 Å². The highest BCUT2D eigenvalue weighted by atomic mass is 16.5. The summed E-state index contributed by atoms with van der Waals surface area (Å²) in [6, 6.07) is 0. The Hall–Kier alpha value is -1.32. The molecule has 0 atom stereocenters. The molecule has 1 aromatic heterocycles. The summed E-state index contributed by atoms with van der Waals surface area (Å²) in [5.74, 6) is 0.540. The first kappa shape index (κ1) is 8.29. The molecule has 0 saturated heterocycles. The summed E-state index contributed by atoms with van der Waals surface area (Å²) in [5, 5.41) is 12.2. The molecule has 0 aliphatic heterocycles. The second-order valence-corrected chi connectivity index (χ2v) is 3.37. The van der Waals surface area contributed by atoms with E-state index < -0.39 is 5.97 Å². The molecule has 2 rings (SSSR count). The Morgan fingerprint density at radius 1 is 1.69 bits per heavy atom. The Balaban J connectivity index is 2.02. The van der Waals surface area contributed by atoms with Gasteiger partial charge in [-0.05, 0) is 18.8 Å². The van der Waals surface area contributed by atoms with Crippen molar-refractivity contribution in [2.24, 2.45) is 0 Å². The van der Waals surface area contributed by atoms with Crippen LogP contribution < -0.4 is 0 Å². The summed E-state index contributed by atoms with van der Waals surface area (Å²) in [4.78, 5) is 10.3. The molecule has 1 aromatic rings. The molecule has 4 nitrogen and oxygen atoms in total. The minimum atomic E-state index is -0.793. The molecule has 0 bridgehead atoms. The van der Waals surface area contributed by atoms with Gasteiger partial charge in [0, 0.05) is 12.0 Å². The zero-order chi connectivity index (χ0) is 9.26. The summed E-state index contributed by atoms with van der Waals surface area (Å²) in [6.45, 7) is 0. The highest BCUT2D eigenvalue weighted by molar-refractivity contribution is 5.67. The molecule has 0 amide bonds. The zero-order valence-electron chi connectivity index (χ0n) is 7.19. The fourth-order valence-corrected chi connectivity index (χ4v) is 1.41. The highest BCUT2D eigenvalue weighted by Crippen LogP contribution is 2.41. The van der Waals surface area contributed by atoms with E-state index in [9.17, 15) is 4.79 Å². The van der Waals surface area contributed by atoms with Crippen LogP contribution in [0.1, 0.15) is 36.5 Å². The van der Waals surface area contributed by atoms with Crippen LogP contribution in [0.25, 0.3) is 0 Å². The van der Waals surface area contributed by atoms with Crippen LogP contribution in [0, 0.1) is 0 Å². The summed E-state index contributed by atoms with van der Waals surface area (Å²) in [5.41, 5.74) is 1.11. The van der Waals surface area contributed by atoms with E-state index in [0.717, 1.165) is 11.3 Å². The number of rotatable bonds is 4. The van der Waals surface area contributed by atoms with Crippen LogP contribution in [-0.2, 0) is 11.2 Å². The molecule has 1 aliphatic carbocycles. The number of aromatic nitrogens is 1. The number of carbonyl (C=O) groups is 1. The Kier molecular flexibility index (Phi) is 2.04. The molecule has 1 aliphatic rings. The van der Waals surface area contributed by atoms with E-state index in [2.05, 4.69) is 5.16 Å². The van der Waals surface area contributed by atoms with Gasteiger partial charge in [-0.15, -0.1) is 0 Å². The Bertz CT molecular complexity index is 314. The zero-order valence-corrected chi connectivity index (χ0v) is 7.19. The Morgan fingerprint density at radius 3 is 3.08 bits per heavy atom. The van der Waals surface area contributed by atoms with Crippen molar-refractivity contribution < 1.29 is 14.4 Å². The van der Waals surface area contributed by atoms with E-state index in [1.165, 1.54) is 12.8 Å². The van der Waals surface area contributed by atoms with Crippen molar-refractivity contribution >= 4 is 5.97 Å². The number of carboxylic acid groups (broad SMARTS) is 1. The molecule has 0 unspecified atom stereocenters. The van der Waals surface area contributed by atoms with E-state index in [4.69, 9.17) is 9.63 Å². The van der Waals surface area contributed by atoms with Crippen molar-refractivity contribution in [3.8, 4) is 0 Å². The largest absolute Gasteiger partial charge is 0.481 e. The lowest BCUT2D eigenvalue weighted by atomic mass is 10.1.